The fraction of sp³-hybridized carbons (Fsp3) is 0.238. The second-order valence-corrected chi connectivity index (χ2v) is 7.00. The Morgan fingerprint density at radius 3 is 2.46 bits per heavy atom. The number of hydrogen-bond acceptors (Lipinski definition) is 3. The number of aromatic nitrogens is 2. The van der Waals surface area contributed by atoms with E-state index in [1.807, 2.05) is 37.3 Å². The number of benzene rings is 2. The van der Waals surface area contributed by atoms with Gasteiger partial charge in [0.2, 0.25) is 0 Å². The first kappa shape index (κ1) is 19.8. The number of hydrogen-bond donors (Lipinski definition) is 1. The lowest BCUT2D eigenvalue weighted by Crippen LogP contribution is -2.32. The Kier molecular flexibility index (Phi) is 5.61. The first-order valence-electron chi connectivity index (χ1n) is 8.87. The van der Waals surface area contributed by atoms with Gasteiger partial charge in [0.1, 0.15) is 11.4 Å². The number of nitrogens with one attached hydrogen (secondary N) is 1. The highest BCUT2D eigenvalue weighted by atomic mass is 35.5. The number of aryl methyl sites for hydroxylation is 1. The number of carbonyl (C=O) groups is 1. The van der Waals surface area contributed by atoms with E-state index in [1.165, 1.54) is 4.68 Å². The Morgan fingerprint density at radius 1 is 1.14 bits per heavy atom. The van der Waals surface area contributed by atoms with E-state index >= 15 is 0 Å². The maximum absolute atomic E-state index is 12.9. The average Bonchev–Trinajstić information content (AvgIpc) is 2.88. The summed E-state index contributed by atoms with van der Waals surface area (Å²) in [6.45, 7) is 5.27. The molecule has 0 spiro atoms. The van der Waals surface area contributed by atoms with Crippen LogP contribution in [0.3, 0.4) is 0 Å². The minimum absolute atomic E-state index is 0.235. The van der Waals surface area contributed by atoms with Gasteiger partial charge in [-0.2, -0.15) is 0 Å². The molecule has 6 nitrogen and oxygen atoms in total. The number of ether oxygens (including phenoxy) is 1. The number of anilines is 1. The summed E-state index contributed by atoms with van der Waals surface area (Å²) >= 11 is 6.02. The van der Waals surface area contributed by atoms with Crippen LogP contribution >= 0.6 is 11.6 Å². The third kappa shape index (κ3) is 3.82. The summed E-state index contributed by atoms with van der Waals surface area (Å²) < 4.78 is 8.92. The van der Waals surface area contributed by atoms with Gasteiger partial charge in [0.15, 0.2) is 6.10 Å². The van der Waals surface area contributed by atoms with E-state index < -0.39 is 12.0 Å². The van der Waals surface area contributed by atoms with Crippen LogP contribution < -0.4 is 15.6 Å². The smallest absolute Gasteiger partial charge is 0.295 e. The highest BCUT2D eigenvalue weighted by Gasteiger charge is 2.22. The van der Waals surface area contributed by atoms with Crippen molar-refractivity contribution in [3.63, 3.8) is 0 Å². The first-order valence-corrected chi connectivity index (χ1v) is 9.25. The third-order valence-corrected chi connectivity index (χ3v) is 5.04. The fourth-order valence-electron chi connectivity index (χ4n) is 2.89. The van der Waals surface area contributed by atoms with Gasteiger partial charge in [-0.05, 0) is 56.7 Å². The van der Waals surface area contributed by atoms with Gasteiger partial charge in [-0.3, -0.25) is 14.3 Å². The van der Waals surface area contributed by atoms with Gasteiger partial charge in [0, 0.05) is 12.1 Å². The predicted molar refractivity (Wildman–Crippen MR) is 111 cm³/mol. The topological polar surface area (TPSA) is 65.3 Å². The van der Waals surface area contributed by atoms with Crippen molar-refractivity contribution in [3.05, 3.63) is 75.2 Å². The van der Waals surface area contributed by atoms with Crippen LogP contribution in [0, 0.1) is 13.8 Å². The summed E-state index contributed by atoms with van der Waals surface area (Å²) in [7, 11) is 1.77. The molecule has 0 aliphatic rings. The van der Waals surface area contributed by atoms with Crippen molar-refractivity contribution in [1.82, 2.24) is 9.36 Å². The molecule has 2 aromatic carbocycles. The Morgan fingerprint density at radius 2 is 1.82 bits per heavy atom. The second kappa shape index (κ2) is 7.94. The van der Waals surface area contributed by atoms with Crippen LogP contribution in [0.15, 0.2) is 53.3 Å². The molecule has 1 amide bonds. The standard InChI is InChI=1S/C21H22ClN3O3/c1-13-12-17(10-11-18(13)22)28-15(3)20(26)23-19-14(2)24(4)25(21(19)27)16-8-6-5-7-9-16/h5-12,15H,1-4H3,(H,23,26)/t15-/m1/s1. The highest BCUT2D eigenvalue weighted by molar-refractivity contribution is 6.31. The Bertz CT molecular complexity index is 1070. The van der Waals surface area contributed by atoms with Crippen molar-refractivity contribution in [3.8, 4) is 11.4 Å². The summed E-state index contributed by atoms with van der Waals surface area (Å²) in [5.74, 6) is 0.134. The summed E-state index contributed by atoms with van der Waals surface area (Å²) in [5.41, 5.74) is 2.17. The maximum atomic E-state index is 12.9. The zero-order valence-electron chi connectivity index (χ0n) is 16.2. The summed E-state index contributed by atoms with van der Waals surface area (Å²) in [5, 5.41) is 3.34. The highest BCUT2D eigenvalue weighted by Crippen LogP contribution is 2.22. The van der Waals surface area contributed by atoms with Gasteiger partial charge in [0.05, 0.1) is 11.4 Å². The van der Waals surface area contributed by atoms with Gasteiger partial charge in [0.25, 0.3) is 11.5 Å². The predicted octanol–water partition coefficient (Wildman–Crippen LogP) is 3.85. The van der Waals surface area contributed by atoms with E-state index in [0.717, 1.165) is 11.3 Å². The van der Waals surface area contributed by atoms with Crippen LogP contribution in [-0.2, 0) is 11.8 Å². The molecule has 0 unspecified atom stereocenters. The number of carbonyl (C=O) groups excluding carboxylic acids is 1. The lowest BCUT2D eigenvalue weighted by atomic mass is 10.2. The van der Waals surface area contributed by atoms with Crippen LogP contribution in [0.4, 0.5) is 5.69 Å². The average molecular weight is 400 g/mol. The number of halogens is 1. The molecule has 146 valence electrons. The summed E-state index contributed by atoms with van der Waals surface area (Å²) in [4.78, 5) is 25.5. The van der Waals surface area contributed by atoms with E-state index in [-0.39, 0.29) is 11.2 Å². The van der Waals surface area contributed by atoms with Crippen LogP contribution in [0.25, 0.3) is 5.69 Å². The summed E-state index contributed by atoms with van der Waals surface area (Å²) in [6, 6.07) is 14.4. The van der Waals surface area contributed by atoms with Gasteiger partial charge < -0.3 is 10.1 Å². The molecule has 0 radical (unpaired) electrons. The largest absolute Gasteiger partial charge is 0.481 e. The minimum Gasteiger partial charge on any atom is -0.481 e. The van der Waals surface area contributed by atoms with Gasteiger partial charge in [-0.25, -0.2) is 4.68 Å². The molecule has 1 aromatic heterocycles. The molecule has 0 bridgehead atoms. The molecule has 0 fully saturated rings. The summed E-state index contributed by atoms with van der Waals surface area (Å²) in [6.07, 6.45) is -0.787. The van der Waals surface area contributed by atoms with Crippen molar-refractivity contribution >= 4 is 23.2 Å². The lowest BCUT2D eigenvalue weighted by molar-refractivity contribution is -0.122. The maximum Gasteiger partial charge on any atom is 0.295 e. The Balaban J connectivity index is 1.82. The number of rotatable bonds is 5. The monoisotopic (exact) mass is 399 g/mol. The van der Waals surface area contributed by atoms with Gasteiger partial charge >= 0.3 is 0 Å². The Hall–Kier alpha value is -2.99. The molecule has 28 heavy (non-hydrogen) atoms. The third-order valence-electron chi connectivity index (χ3n) is 4.61. The number of amides is 1. The molecule has 1 N–H and O–H groups in total. The van der Waals surface area contributed by atoms with Crippen LogP contribution in [0.5, 0.6) is 5.75 Å². The molecule has 1 atom stereocenters. The molecule has 0 aliphatic heterocycles. The van der Waals surface area contributed by atoms with Crippen LogP contribution in [0.1, 0.15) is 18.2 Å². The normalized spacial score (nSPS) is 11.9. The molecule has 3 rings (SSSR count). The van der Waals surface area contributed by atoms with Crippen LogP contribution in [0.2, 0.25) is 5.02 Å². The zero-order valence-corrected chi connectivity index (χ0v) is 16.9. The van der Waals surface area contributed by atoms with Crippen molar-refractivity contribution in [2.45, 2.75) is 26.9 Å². The molecule has 0 saturated heterocycles. The van der Waals surface area contributed by atoms with Crippen molar-refractivity contribution in [1.29, 1.82) is 0 Å². The van der Waals surface area contributed by atoms with E-state index in [9.17, 15) is 9.59 Å². The molecule has 3 aromatic rings. The number of para-hydroxylation sites is 1. The van der Waals surface area contributed by atoms with E-state index in [2.05, 4.69) is 5.32 Å². The molecule has 7 heteroatoms. The van der Waals surface area contributed by atoms with E-state index in [1.54, 1.807) is 43.8 Å². The minimum atomic E-state index is -0.787. The lowest BCUT2D eigenvalue weighted by Gasteiger charge is -2.15. The first-order chi connectivity index (χ1) is 13.3. The van der Waals surface area contributed by atoms with E-state index in [4.69, 9.17) is 16.3 Å². The van der Waals surface area contributed by atoms with Crippen molar-refractivity contribution in [2.75, 3.05) is 5.32 Å². The SMILES string of the molecule is Cc1cc(O[C@H](C)C(=O)Nc2c(C)n(C)n(-c3ccccc3)c2=O)ccc1Cl. The van der Waals surface area contributed by atoms with E-state index in [0.29, 0.717) is 16.5 Å². The Labute approximate surface area is 168 Å². The quantitative estimate of drug-likeness (QED) is 0.708. The van der Waals surface area contributed by atoms with Gasteiger partial charge in [-0.15, -0.1) is 0 Å². The fourth-order valence-corrected chi connectivity index (χ4v) is 3.00. The molecule has 0 aliphatic carbocycles. The molecule has 1 heterocycles. The van der Waals surface area contributed by atoms with Crippen LogP contribution in [-0.4, -0.2) is 21.4 Å². The van der Waals surface area contributed by atoms with Crippen molar-refractivity contribution in [2.24, 2.45) is 7.05 Å². The van der Waals surface area contributed by atoms with Crippen molar-refractivity contribution < 1.29 is 9.53 Å². The molecular weight excluding hydrogens is 378 g/mol. The number of nitrogens with zero attached hydrogens (tertiary/aromatic N) is 2. The molecule has 0 saturated carbocycles. The molecular formula is C21H22ClN3O3. The van der Waals surface area contributed by atoms with Gasteiger partial charge in [-0.1, -0.05) is 29.8 Å². The second-order valence-electron chi connectivity index (χ2n) is 6.60. The zero-order chi connectivity index (χ0) is 20.4.